The predicted molar refractivity (Wildman–Crippen MR) is 102 cm³/mol. The maximum absolute atomic E-state index is 6.11. The number of anilines is 1. The summed E-state index contributed by atoms with van der Waals surface area (Å²) in [6.07, 6.45) is 7.87. The molecule has 136 valence electrons. The van der Waals surface area contributed by atoms with Gasteiger partial charge < -0.3 is 11.1 Å². The minimum atomic E-state index is 0.114. The molecule has 0 bridgehead atoms. The number of aromatic nitrogens is 3. The van der Waals surface area contributed by atoms with Crippen LogP contribution in [0.4, 0.5) is 5.82 Å². The average molecular weight is 342 g/mol. The molecule has 0 aromatic carbocycles. The summed E-state index contributed by atoms with van der Waals surface area (Å²) in [5.41, 5.74) is 9.64. The summed E-state index contributed by atoms with van der Waals surface area (Å²) in [7, 11) is 0. The number of nitrogens with zero attached hydrogens (tertiary/aromatic N) is 3. The number of fused-ring (bicyclic) bond motifs is 1. The van der Waals surface area contributed by atoms with Crippen molar-refractivity contribution in [2.45, 2.75) is 83.2 Å². The first kappa shape index (κ1) is 16.8. The Morgan fingerprint density at radius 3 is 2.60 bits per heavy atom. The van der Waals surface area contributed by atoms with Crippen molar-refractivity contribution >= 4 is 11.5 Å². The van der Waals surface area contributed by atoms with Gasteiger partial charge in [-0.05, 0) is 43.9 Å². The molecule has 4 rings (SSSR count). The van der Waals surface area contributed by atoms with Crippen LogP contribution in [-0.4, -0.2) is 26.7 Å². The van der Waals surface area contributed by atoms with E-state index in [9.17, 15) is 0 Å². The minimum absolute atomic E-state index is 0.114. The van der Waals surface area contributed by atoms with Gasteiger partial charge in [0.1, 0.15) is 5.82 Å². The van der Waals surface area contributed by atoms with E-state index in [1.807, 2.05) is 10.7 Å². The summed E-state index contributed by atoms with van der Waals surface area (Å²) in [6.45, 7) is 9.09. The molecule has 0 aliphatic heterocycles. The fraction of sp³-hybridized carbons (Fsp3) is 0.700. The van der Waals surface area contributed by atoms with Crippen LogP contribution in [0.15, 0.2) is 12.3 Å². The van der Waals surface area contributed by atoms with E-state index in [1.165, 1.54) is 24.1 Å². The van der Waals surface area contributed by atoms with E-state index in [2.05, 4.69) is 44.2 Å². The molecule has 2 aliphatic rings. The Hall–Kier alpha value is -1.62. The minimum Gasteiger partial charge on any atom is -0.367 e. The summed E-state index contributed by atoms with van der Waals surface area (Å²) in [6, 6.07) is 2.98. The highest BCUT2D eigenvalue weighted by atomic mass is 15.3. The lowest BCUT2D eigenvalue weighted by Gasteiger charge is -2.26. The van der Waals surface area contributed by atoms with E-state index in [0.717, 1.165) is 36.6 Å². The molecule has 3 N–H and O–H groups in total. The van der Waals surface area contributed by atoms with E-state index < -0.39 is 0 Å². The Balaban J connectivity index is 1.79. The van der Waals surface area contributed by atoms with Gasteiger partial charge in [-0.15, -0.1) is 0 Å². The largest absolute Gasteiger partial charge is 0.367 e. The van der Waals surface area contributed by atoms with Crippen LogP contribution in [0.1, 0.15) is 77.0 Å². The summed E-state index contributed by atoms with van der Waals surface area (Å²) >= 11 is 0. The first-order chi connectivity index (χ1) is 11.9. The third kappa shape index (κ3) is 3.03. The average Bonchev–Trinajstić information content (AvgIpc) is 3.21. The normalized spacial score (nSPS) is 24.4. The number of rotatable bonds is 5. The zero-order chi connectivity index (χ0) is 17.8. The van der Waals surface area contributed by atoms with E-state index >= 15 is 0 Å². The third-order valence-corrected chi connectivity index (χ3v) is 6.20. The van der Waals surface area contributed by atoms with Crippen LogP contribution < -0.4 is 11.1 Å². The molecule has 2 aliphatic carbocycles. The van der Waals surface area contributed by atoms with Gasteiger partial charge in [-0.3, -0.25) is 0 Å². The Labute approximate surface area is 150 Å². The summed E-state index contributed by atoms with van der Waals surface area (Å²) < 4.78 is 1.99. The number of hydrogen-bond donors (Lipinski definition) is 2. The molecule has 0 saturated heterocycles. The van der Waals surface area contributed by atoms with Gasteiger partial charge >= 0.3 is 0 Å². The zero-order valence-electron chi connectivity index (χ0n) is 15.9. The molecule has 2 saturated carbocycles. The van der Waals surface area contributed by atoms with Crippen molar-refractivity contribution in [2.24, 2.45) is 11.7 Å². The molecule has 0 unspecified atom stereocenters. The highest BCUT2D eigenvalue weighted by molar-refractivity contribution is 5.56. The molecular formula is C20H31N5. The zero-order valence-corrected chi connectivity index (χ0v) is 15.9. The lowest BCUT2D eigenvalue weighted by molar-refractivity contribution is 0.441. The number of nitrogens with two attached hydrogens (primary N) is 1. The second kappa shape index (κ2) is 5.97. The molecule has 2 heterocycles. The predicted octanol–water partition coefficient (Wildman–Crippen LogP) is 3.83. The van der Waals surface area contributed by atoms with Crippen LogP contribution in [-0.2, 0) is 5.41 Å². The van der Waals surface area contributed by atoms with Gasteiger partial charge in [-0.1, -0.05) is 27.7 Å². The molecule has 0 spiro atoms. The standard InChI is InChI=1S/C20H31N5/c1-12(2)16-11-22-25-18(23-15-8-7-14(21)9-15)10-17(24-19(16)25)20(3,4)13-5-6-13/h10-15,23H,5-9,21H2,1-4H3/t14-,15-/m0/s1. The second-order valence-corrected chi connectivity index (χ2v) is 8.93. The van der Waals surface area contributed by atoms with Crippen LogP contribution in [0.3, 0.4) is 0 Å². The summed E-state index contributed by atoms with van der Waals surface area (Å²) in [5.74, 6) is 2.23. The highest BCUT2D eigenvalue weighted by Crippen LogP contribution is 2.47. The maximum atomic E-state index is 6.11. The first-order valence-corrected chi connectivity index (χ1v) is 9.77. The van der Waals surface area contributed by atoms with Gasteiger partial charge in [0, 0.05) is 29.1 Å². The van der Waals surface area contributed by atoms with Crippen LogP contribution >= 0.6 is 0 Å². The smallest absolute Gasteiger partial charge is 0.161 e. The summed E-state index contributed by atoms with van der Waals surface area (Å²) in [4.78, 5) is 5.08. The molecule has 5 heteroatoms. The molecule has 5 nitrogen and oxygen atoms in total. The van der Waals surface area contributed by atoms with Gasteiger partial charge in [-0.2, -0.15) is 9.61 Å². The molecule has 2 atom stereocenters. The second-order valence-electron chi connectivity index (χ2n) is 8.93. The van der Waals surface area contributed by atoms with Gasteiger partial charge in [0.2, 0.25) is 0 Å². The number of hydrogen-bond acceptors (Lipinski definition) is 4. The number of nitrogens with one attached hydrogen (secondary N) is 1. The van der Waals surface area contributed by atoms with Crippen LogP contribution in [0, 0.1) is 5.92 Å². The Bertz CT molecular complexity index is 772. The molecule has 25 heavy (non-hydrogen) atoms. The fourth-order valence-corrected chi connectivity index (χ4v) is 4.19. The van der Waals surface area contributed by atoms with Crippen molar-refractivity contribution in [1.29, 1.82) is 0 Å². The molecule has 0 amide bonds. The van der Waals surface area contributed by atoms with Crippen molar-refractivity contribution in [3.05, 3.63) is 23.5 Å². The monoisotopic (exact) mass is 341 g/mol. The van der Waals surface area contributed by atoms with Crippen LogP contribution in [0.25, 0.3) is 5.65 Å². The van der Waals surface area contributed by atoms with Gasteiger partial charge in [-0.25, -0.2) is 4.98 Å². The van der Waals surface area contributed by atoms with Crippen LogP contribution in [0.2, 0.25) is 0 Å². The lowest BCUT2D eigenvalue weighted by atomic mass is 9.83. The third-order valence-electron chi connectivity index (χ3n) is 6.20. The molecule has 2 aromatic rings. The topological polar surface area (TPSA) is 68.2 Å². The van der Waals surface area contributed by atoms with E-state index in [0.29, 0.717) is 18.0 Å². The Kier molecular flexibility index (Phi) is 4.02. The van der Waals surface area contributed by atoms with E-state index in [1.54, 1.807) is 0 Å². The van der Waals surface area contributed by atoms with Crippen molar-refractivity contribution in [1.82, 2.24) is 14.6 Å². The van der Waals surface area contributed by atoms with Crippen LogP contribution in [0.5, 0.6) is 0 Å². The van der Waals surface area contributed by atoms with Crippen molar-refractivity contribution in [2.75, 3.05) is 5.32 Å². The Morgan fingerprint density at radius 2 is 2.00 bits per heavy atom. The molecule has 2 aromatic heterocycles. The highest BCUT2D eigenvalue weighted by Gasteiger charge is 2.40. The maximum Gasteiger partial charge on any atom is 0.161 e. The lowest BCUT2D eigenvalue weighted by Crippen LogP contribution is -2.25. The van der Waals surface area contributed by atoms with Crippen molar-refractivity contribution < 1.29 is 0 Å². The van der Waals surface area contributed by atoms with E-state index in [-0.39, 0.29) is 5.41 Å². The van der Waals surface area contributed by atoms with E-state index in [4.69, 9.17) is 10.7 Å². The van der Waals surface area contributed by atoms with Gasteiger partial charge in [0.25, 0.3) is 0 Å². The van der Waals surface area contributed by atoms with Crippen molar-refractivity contribution in [3.63, 3.8) is 0 Å². The summed E-state index contributed by atoms with van der Waals surface area (Å²) in [5, 5.41) is 8.36. The molecule has 0 radical (unpaired) electrons. The molecular weight excluding hydrogens is 310 g/mol. The van der Waals surface area contributed by atoms with Crippen molar-refractivity contribution in [3.8, 4) is 0 Å². The van der Waals surface area contributed by atoms with Gasteiger partial charge in [0.05, 0.1) is 11.9 Å². The Morgan fingerprint density at radius 1 is 1.24 bits per heavy atom. The van der Waals surface area contributed by atoms with Gasteiger partial charge in [0.15, 0.2) is 5.65 Å². The first-order valence-electron chi connectivity index (χ1n) is 9.77. The fourth-order valence-electron chi connectivity index (χ4n) is 4.19. The quantitative estimate of drug-likeness (QED) is 0.867. The SMILES string of the molecule is CC(C)c1cnn2c(N[C@H]3CC[C@H](N)C3)cc(C(C)(C)C3CC3)nc12. The molecule has 2 fully saturated rings.